The first-order valence-corrected chi connectivity index (χ1v) is 27.8. The van der Waals surface area contributed by atoms with Crippen LogP contribution in [0.25, 0.3) is 56.2 Å². The van der Waals surface area contributed by atoms with Crippen molar-refractivity contribution < 1.29 is 0 Å². The third-order valence-corrected chi connectivity index (χ3v) is 16.7. The molecule has 0 aliphatic carbocycles. The van der Waals surface area contributed by atoms with Crippen LogP contribution in [-0.2, 0) is 0 Å². The lowest BCUT2D eigenvalue weighted by Gasteiger charge is -2.14. The Kier molecular flexibility index (Phi) is 11.1. The van der Waals surface area contributed by atoms with Gasteiger partial charge in [-0.15, -0.1) is 0 Å². The first-order chi connectivity index (χ1) is 38.5. The molecule has 0 saturated heterocycles. The summed E-state index contributed by atoms with van der Waals surface area (Å²) in [4.78, 5) is 38.3. The number of aryl methyl sites for hydroxylation is 12. The third-order valence-electron chi connectivity index (χ3n) is 16.7. The monoisotopic (exact) mass is 1040 g/mol. The average Bonchev–Trinajstić information content (AvgIpc) is 4.24. The van der Waals surface area contributed by atoms with E-state index >= 15 is 0 Å². The molecule has 4 aromatic carbocycles. The number of fused-ring (bicyclic) bond motifs is 12. The van der Waals surface area contributed by atoms with E-state index in [0.29, 0.717) is 0 Å². The molecule has 0 spiro atoms. The largest absolute Gasteiger partial charge is 0.353 e. The molecule has 8 nitrogen and oxygen atoms in total. The van der Waals surface area contributed by atoms with Gasteiger partial charge < -0.3 is 19.9 Å². The number of rotatable bonds is 5. The van der Waals surface area contributed by atoms with Gasteiger partial charge in [0.15, 0.2) is 0 Å². The van der Waals surface area contributed by atoms with Crippen molar-refractivity contribution in [2.45, 2.75) is 83.1 Å². The number of benzene rings is 4. The normalized spacial score (nSPS) is 15.9. The Morgan fingerprint density at radius 2 is 0.500 bits per heavy atom. The Morgan fingerprint density at radius 3 is 0.800 bits per heavy atom. The highest BCUT2D eigenvalue weighted by Gasteiger charge is 2.27. The van der Waals surface area contributed by atoms with Crippen LogP contribution in [0, 0.1) is 83.1 Å². The number of aromatic nitrogens is 4. The lowest BCUT2D eigenvalue weighted by Crippen LogP contribution is -2.22. The van der Waals surface area contributed by atoms with Gasteiger partial charge in [0.2, 0.25) is 0 Å². The molecule has 0 amide bonds. The number of aliphatic imine (C=N–C) groups is 4. The quantitative estimate of drug-likeness (QED) is 0.132. The maximum absolute atomic E-state index is 5.71. The average molecular weight is 1040 g/mol. The Hall–Kier alpha value is -9.40. The predicted octanol–water partition coefficient (Wildman–Crippen LogP) is 9.07. The Labute approximate surface area is 465 Å². The molecule has 0 atom stereocenters. The van der Waals surface area contributed by atoms with Gasteiger partial charge in [0.25, 0.3) is 0 Å². The van der Waals surface area contributed by atoms with Gasteiger partial charge in [-0.25, -0.2) is 20.0 Å². The number of H-pyrrole nitrogens is 4. The zero-order valence-electron chi connectivity index (χ0n) is 47.5. The van der Waals surface area contributed by atoms with Crippen molar-refractivity contribution in [3.05, 3.63) is 265 Å². The molecule has 8 aromatic rings. The Balaban J connectivity index is 1.17. The van der Waals surface area contributed by atoms with E-state index in [4.69, 9.17) is 20.0 Å². The summed E-state index contributed by atoms with van der Waals surface area (Å²) in [6.07, 6.45) is 17.4. The van der Waals surface area contributed by atoms with E-state index in [0.717, 1.165) is 133 Å². The highest BCUT2D eigenvalue weighted by Crippen LogP contribution is 2.33. The highest BCUT2D eigenvalue weighted by molar-refractivity contribution is 6.35. The van der Waals surface area contributed by atoms with Crippen LogP contribution in [0.4, 0.5) is 0 Å². The van der Waals surface area contributed by atoms with Crippen LogP contribution >= 0.6 is 0 Å². The summed E-state index contributed by atoms with van der Waals surface area (Å²) >= 11 is 0. The van der Waals surface area contributed by atoms with Crippen molar-refractivity contribution in [2.75, 3.05) is 0 Å². The number of hydrogen-bond acceptors (Lipinski definition) is 4. The van der Waals surface area contributed by atoms with E-state index < -0.39 is 0 Å². The summed E-state index contributed by atoms with van der Waals surface area (Å²) in [5, 5.41) is 7.53. The molecule has 6 aliphatic heterocycles. The molecule has 8 heteroatoms. The van der Waals surface area contributed by atoms with Gasteiger partial charge in [0.1, 0.15) is 0 Å². The second kappa shape index (κ2) is 18.1. The zero-order valence-corrected chi connectivity index (χ0v) is 47.5. The molecule has 390 valence electrons. The summed E-state index contributed by atoms with van der Waals surface area (Å²) < 4.78 is 0. The van der Waals surface area contributed by atoms with E-state index in [1.165, 1.54) is 77.9 Å². The lowest BCUT2D eigenvalue weighted by molar-refractivity contribution is 1.22. The van der Waals surface area contributed by atoms with E-state index in [1.54, 1.807) is 0 Å². The molecule has 0 fully saturated rings. The molecular weight excluding hydrogens is 977 g/mol. The fourth-order valence-corrected chi connectivity index (χ4v) is 13.9. The molecule has 80 heavy (non-hydrogen) atoms. The molecule has 0 unspecified atom stereocenters. The standard InChI is InChI=1S/C72H62N8/c1-35-25-39(5)63(40(6)26-35)67-53-17-13-49(73-53)51-15-19-57(75-51)69(65-43(9)29-37(3)30-44(65)10)61-33-47(71(79-61)59-23-21-55(67)77-59)48-34-62-70(66-45(11)31-38(4)32-46(66)12)58-20-16-52(76-58)50-14-18-54(74-50)68(56-22-24-60(78-56)72(48)80-62)64-41(7)27-36(2)28-42(64)8/h13-34,73-74,79-80H,1-12H3. The van der Waals surface area contributed by atoms with Crippen LogP contribution in [-0.4, -0.2) is 42.8 Å². The molecule has 0 saturated carbocycles. The fraction of sp³-hybridized carbons (Fsp3) is 0.167. The fourth-order valence-electron chi connectivity index (χ4n) is 13.9. The van der Waals surface area contributed by atoms with Gasteiger partial charge in [-0.3, -0.25) is 0 Å². The molecule has 6 aliphatic rings. The maximum atomic E-state index is 5.71. The molecule has 0 radical (unpaired) electrons. The van der Waals surface area contributed by atoms with Crippen molar-refractivity contribution in [3.63, 3.8) is 0 Å². The van der Waals surface area contributed by atoms with Crippen molar-refractivity contribution in [3.8, 4) is 11.1 Å². The number of hydrogen-bond donors (Lipinski definition) is 4. The van der Waals surface area contributed by atoms with E-state index in [2.05, 4.69) is 237 Å². The van der Waals surface area contributed by atoms with Crippen LogP contribution in [0.2, 0.25) is 0 Å². The number of aromatic amines is 4. The molecule has 4 N–H and O–H groups in total. The first kappa shape index (κ1) is 48.9. The summed E-state index contributed by atoms with van der Waals surface area (Å²) in [5.74, 6) is 0. The van der Waals surface area contributed by atoms with Gasteiger partial charge in [-0.05, 0) is 235 Å². The summed E-state index contributed by atoms with van der Waals surface area (Å²) in [6, 6.07) is 31.6. The number of nitrogens with one attached hydrogen (secondary N) is 4. The molecular formula is C72H62N8. The predicted molar refractivity (Wildman–Crippen MR) is 332 cm³/mol. The molecule has 4 aromatic heterocycles. The topological polar surface area (TPSA) is 113 Å². The maximum Gasteiger partial charge on any atom is 0.0879 e. The van der Waals surface area contributed by atoms with Crippen LogP contribution < -0.4 is 42.8 Å². The highest BCUT2D eigenvalue weighted by atomic mass is 14.9. The smallest absolute Gasteiger partial charge is 0.0879 e. The minimum Gasteiger partial charge on any atom is -0.353 e. The number of allylic oxidation sites excluding steroid dienone is 4. The van der Waals surface area contributed by atoms with Gasteiger partial charge in [0.05, 0.1) is 67.0 Å². The van der Waals surface area contributed by atoms with Crippen molar-refractivity contribution in [2.24, 2.45) is 20.0 Å². The van der Waals surface area contributed by atoms with Crippen LogP contribution in [0.3, 0.4) is 0 Å². The summed E-state index contributed by atoms with van der Waals surface area (Å²) in [7, 11) is 0. The van der Waals surface area contributed by atoms with E-state index in [-0.39, 0.29) is 0 Å². The van der Waals surface area contributed by atoms with Crippen molar-refractivity contribution >= 4 is 67.9 Å². The van der Waals surface area contributed by atoms with Crippen LogP contribution in [0.5, 0.6) is 0 Å². The third kappa shape index (κ3) is 7.79. The van der Waals surface area contributed by atoms with Crippen molar-refractivity contribution in [1.82, 2.24) is 19.9 Å². The van der Waals surface area contributed by atoms with Gasteiger partial charge in [-0.2, -0.15) is 0 Å². The summed E-state index contributed by atoms with van der Waals surface area (Å²) in [6.45, 7) is 26.4. The summed E-state index contributed by atoms with van der Waals surface area (Å²) in [5.41, 5.74) is 32.1. The first-order valence-electron chi connectivity index (χ1n) is 27.8. The van der Waals surface area contributed by atoms with E-state index in [1.807, 2.05) is 0 Å². The minimum atomic E-state index is 0.827. The molecule has 10 heterocycles. The lowest BCUT2D eigenvalue weighted by atomic mass is 9.90. The minimum absolute atomic E-state index is 0.827. The van der Waals surface area contributed by atoms with E-state index in [9.17, 15) is 0 Å². The molecule has 16 bridgehead atoms. The Morgan fingerprint density at radius 1 is 0.250 bits per heavy atom. The SMILES string of the molecule is Cc1cc(C)c(C2=c3ccc([nH]3)=C3C=CC(=N3)C(c3c(C)cc(C)cc3C)=c3cc(-c4cc5[nH]c4=C4C=CC(=N4)C(c4c(C)cc(C)cc4C)=c4ccc([nH]4)=C4C=CC(=N4)C=5c4c(C)cc(C)cc4C)c([nH]3)=C3C=CC2=N3)c(C)c1. The van der Waals surface area contributed by atoms with Crippen molar-refractivity contribution in [1.29, 1.82) is 0 Å². The Bertz CT molecular complexity index is 4630. The van der Waals surface area contributed by atoms with Crippen LogP contribution in [0.15, 0.2) is 154 Å². The second-order valence-electron chi connectivity index (χ2n) is 23.0. The van der Waals surface area contributed by atoms with Gasteiger partial charge in [-0.1, -0.05) is 70.8 Å². The van der Waals surface area contributed by atoms with Gasteiger partial charge in [0, 0.05) is 54.8 Å². The van der Waals surface area contributed by atoms with Crippen LogP contribution in [0.1, 0.15) is 89.0 Å². The van der Waals surface area contributed by atoms with Gasteiger partial charge >= 0.3 is 0 Å². The molecule has 14 rings (SSSR count). The second-order valence-corrected chi connectivity index (χ2v) is 23.0. The zero-order chi connectivity index (χ0) is 55.2. The number of nitrogens with zero attached hydrogens (tertiary/aromatic N) is 4.